The lowest BCUT2D eigenvalue weighted by molar-refractivity contribution is -0.274. The molecule has 9 heteroatoms. The van der Waals surface area contributed by atoms with Gasteiger partial charge in [-0.1, -0.05) is 30.3 Å². The lowest BCUT2D eigenvalue weighted by atomic mass is 10.1. The van der Waals surface area contributed by atoms with Gasteiger partial charge in [0.05, 0.1) is 4.90 Å². The van der Waals surface area contributed by atoms with Crippen molar-refractivity contribution in [3.8, 4) is 5.75 Å². The number of ketones is 1. The lowest BCUT2D eigenvalue weighted by Crippen LogP contribution is -2.25. The zero-order valence-electron chi connectivity index (χ0n) is 13.5. The maximum Gasteiger partial charge on any atom is 0.573 e. The normalized spacial score (nSPS) is 12.0. The number of halogens is 3. The van der Waals surface area contributed by atoms with E-state index in [1.54, 1.807) is 18.2 Å². The minimum Gasteiger partial charge on any atom is -0.406 e. The van der Waals surface area contributed by atoms with E-state index in [-0.39, 0.29) is 29.8 Å². The van der Waals surface area contributed by atoms with Gasteiger partial charge in [-0.3, -0.25) is 4.79 Å². The number of carbonyl (C=O) groups excluding carboxylic acids is 1. The summed E-state index contributed by atoms with van der Waals surface area (Å²) in [5.41, 5.74) is 0.0673. The van der Waals surface area contributed by atoms with Crippen LogP contribution in [-0.2, 0) is 10.0 Å². The highest BCUT2D eigenvalue weighted by Crippen LogP contribution is 2.23. The van der Waals surface area contributed by atoms with Gasteiger partial charge in [0.15, 0.2) is 5.78 Å². The number of benzene rings is 2. The number of ether oxygens (including phenoxy) is 1. The van der Waals surface area contributed by atoms with Gasteiger partial charge in [0.2, 0.25) is 10.0 Å². The molecule has 0 atom stereocenters. The Kier molecular flexibility index (Phi) is 6.38. The maximum atomic E-state index is 12.2. The predicted molar refractivity (Wildman–Crippen MR) is 88.3 cm³/mol. The third-order valence-corrected chi connectivity index (χ3v) is 4.79. The molecule has 0 spiro atoms. The molecule has 0 aliphatic heterocycles. The number of sulfonamides is 1. The molecule has 0 aromatic heterocycles. The van der Waals surface area contributed by atoms with Crippen molar-refractivity contribution in [3.05, 3.63) is 60.2 Å². The van der Waals surface area contributed by atoms with Gasteiger partial charge in [0.1, 0.15) is 5.75 Å². The van der Waals surface area contributed by atoms with E-state index in [4.69, 9.17) is 0 Å². The van der Waals surface area contributed by atoms with Crippen LogP contribution in [0.4, 0.5) is 13.2 Å². The van der Waals surface area contributed by atoms with Crippen LogP contribution in [0.2, 0.25) is 0 Å². The summed E-state index contributed by atoms with van der Waals surface area (Å²) in [6.07, 6.45) is -4.65. The third-order valence-electron chi connectivity index (χ3n) is 3.32. The number of rotatable bonds is 8. The summed E-state index contributed by atoms with van der Waals surface area (Å²) < 4.78 is 66.8. The predicted octanol–water partition coefficient (Wildman–Crippen LogP) is 3.53. The molecule has 2 aromatic carbocycles. The molecule has 2 aromatic rings. The molecule has 0 fully saturated rings. The van der Waals surface area contributed by atoms with Crippen molar-refractivity contribution in [2.75, 3.05) is 6.54 Å². The van der Waals surface area contributed by atoms with E-state index in [9.17, 15) is 26.4 Å². The average Bonchev–Trinajstić information content (AvgIpc) is 2.58. The van der Waals surface area contributed by atoms with Crippen molar-refractivity contribution >= 4 is 15.8 Å². The monoisotopic (exact) mass is 387 g/mol. The molecule has 0 radical (unpaired) electrons. The first-order valence-electron chi connectivity index (χ1n) is 7.61. The van der Waals surface area contributed by atoms with Gasteiger partial charge in [-0.25, -0.2) is 13.1 Å². The molecule has 140 valence electrons. The van der Waals surface area contributed by atoms with Crippen LogP contribution >= 0.6 is 0 Å². The number of alkyl halides is 3. The Bertz CT molecular complexity index is 852. The Morgan fingerprint density at radius 2 is 1.73 bits per heavy atom. The second-order valence-electron chi connectivity index (χ2n) is 5.31. The molecule has 2 rings (SSSR count). The highest BCUT2D eigenvalue weighted by atomic mass is 32.2. The SMILES string of the molecule is O=C(CCCNS(=O)(=O)c1ccccc1)c1cccc(OC(F)(F)F)c1. The molecule has 0 saturated heterocycles. The van der Waals surface area contributed by atoms with Crippen LogP contribution in [0.1, 0.15) is 23.2 Å². The van der Waals surface area contributed by atoms with Crippen LogP contribution in [0, 0.1) is 0 Å². The highest BCUT2D eigenvalue weighted by Gasteiger charge is 2.31. The Morgan fingerprint density at radius 3 is 2.38 bits per heavy atom. The molecule has 0 amide bonds. The first kappa shape index (κ1) is 19.9. The highest BCUT2D eigenvalue weighted by molar-refractivity contribution is 7.89. The van der Waals surface area contributed by atoms with Gasteiger partial charge in [-0.2, -0.15) is 0 Å². The van der Waals surface area contributed by atoms with Crippen LogP contribution in [-0.4, -0.2) is 27.1 Å². The Balaban J connectivity index is 1.87. The van der Waals surface area contributed by atoms with Crippen molar-refractivity contribution in [3.63, 3.8) is 0 Å². The number of carbonyl (C=O) groups is 1. The van der Waals surface area contributed by atoms with E-state index < -0.39 is 27.9 Å². The molecule has 0 aliphatic carbocycles. The molecule has 5 nitrogen and oxygen atoms in total. The molecule has 1 N–H and O–H groups in total. The third kappa shape index (κ3) is 6.16. The minimum absolute atomic E-state index is 0.0211. The molecular weight excluding hydrogens is 371 g/mol. The Hall–Kier alpha value is -2.39. The lowest BCUT2D eigenvalue weighted by Gasteiger charge is -2.10. The van der Waals surface area contributed by atoms with Crippen LogP contribution in [0.15, 0.2) is 59.5 Å². The van der Waals surface area contributed by atoms with Gasteiger partial charge in [-0.15, -0.1) is 13.2 Å². The number of hydrogen-bond acceptors (Lipinski definition) is 4. The van der Waals surface area contributed by atoms with E-state index in [1.165, 1.54) is 24.3 Å². The molecule has 0 aliphatic rings. The van der Waals surface area contributed by atoms with Gasteiger partial charge in [0, 0.05) is 18.5 Å². The number of nitrogens with one attached hydrogen (secondary N) is 1. The summed E-state index contributed by atoms with van der Waals surface area (Å²) in [7, 11) is -3.66. The Morgan fingerprint density at radius 1 is 1.04 bits per heavy atom. The van der Waals surface area contributed by atoms with Crippen molar-refractivity contribution in [1.29, 1.82) is 0 Å². The first-order chi connectivity index (χ1) is 12.2. The minimum atomic E-state index is -4.84. The number of hydrogen-bond donors (Lipinski definition) is 1. The summed E-state index contributed by atoms with van der Waals surface area (Å²) in [5.74, 6) is -0.885. The van der Waals surface area contributed by atoms with Gasteiger partial charge >= 0.3 is 6.36 Å². The van der Waals surface area contributed by atoms with Gasteiger partial charge < -0.3 is 4.74 Å². The number of Topliss-reactive ketones (excluding diaryl/α,β-unsaturated/α-hetero) is 1. The molecule has 26 heavy (non-hydrogen) atoms. The average molecular weight is 387 g/mol. The summed E-state index contributed by atoms with van der Waals surface area (Å²) in [6.45, 7) is 0.0295. The molecule has 0 saturated carbocycles. The zero-order valence-corrected chi connectivity index (χ0v) is 14.3. The summed E-state index contributed by atoms with van der Waals surface area (Å²) in [6, 6.07) is 12.5. The molecule has 0 unspecified atom stereocenters. The summed E-state index contributed by atoms with van der Waals surface area (Å²) in [4.78, 5) is 12.2. The van der Waals surface area contributed by atoms with Crippen LogP contribution < -0.4 is 9.46 Å². The molecule has 0 bridgehead atoms. The Labute approximate surface area is 148 Å². The maximum absolute atomic E-state index is 12.2. The van der Waals surface area contributed by atoms with Crippen molar-refractivity contribution in [1.82, 2.24) is 4.72 Å². The first-order valence-corrected chi connectivity index (χ1v) is 9.09. The molecule has 0 heterocycles. The standard InChI is InChI=1S/C17H16F3NO4S/c18-17(19,20)25-14-7-4-6-13(12-14)16(22)10-5-11-21-26(23,24)15-8-2-1-3-9-15/h1-4,6-9,12,21H,5,10-11H2. The second kappa shape index (κ2) is 8.33. The van der Waals surface area contributed by atoms with Crippen LogP contribution in [0.5, 0.6) is 5.75 Å². The topological polar surface area (TPSA) is 72.5 Å². The fourth-order valence-electron chi connectivity index (χ4n) is 2.15. The van der Waals surface area contributed by atoms with Gasteiger partial charge in [-0.05, 0) is 30.7 Å². The molecular formula is C17H16F3NO4S. The van der Waals surface area contributed by atoms with Gasteiger partial charge in [0.25, 0.3) is 0 Å². The smallest absolute Gasteiger partial charge is 0.406 e. The zero-order chi connectivity index (χ0) is 19.2. The van der Waals surface area contributed by atoms with E-state index in [0.29, 0.717) is 0 Å². The van der Waals surface area contributed by atoms with E-state index in [0.717, 1.165) is 12.1 Å². The van der Waals surface area contributed by atoms with Crippen molar-refractivity contribution in [2.24, 2.45) is 0 Å². The van der Waals surface area contributed by atoms with Crippen LogP contribution in [0.3, 0.4) is 0 Å². The van der Waals surface area contributed by atoms with E-state index in [2.05, 4.69) is 9.46 Å². The van der Waals surface area contributed by atoms with E-state index >= 15 is 0 Å². The van der Waals surface area contributed by atoms with E-state index in [1.807, 2.05) is 0 Å². The summed E-state index contributed by atoms with van der Waals surface area (Å²) in [5, 5.41) is 0. The summed E-state index contributed by atoms with van der Waals surface area (Å²) >= 11 is 0. The fraction of sp³-hybridized carbons (Fsp3) is 0.235. The fourth-order valence-corrected chi connectivity index (χ4v) is 3.24. The van der Waals surface area contributed by atoms with Crippen molar-refractivity contribution < 1.29 is 31.1 Å². The second-order valence-corrected chi connectivity index (χ2v) is 7.08. The quantitative estimate of drug-likeness (QED) is 0.556. The van der Waals surface area contributed by atoms with Crippen LogP contribution in [0.25, 0.3) is 0 Å². The van der Waals surface area contributed by atoms with Crippen molar-refractivity contribution in [2.45, 2.75) is 24.1 Å². The largest absolute Gasteiger partial charge is 0.573 e.